The van der Waals surface area contributed by atoms with Gasteiger partial charge >= 0.3 is 0 Å². The van der Waals surface area contributed by atoms with E-state index in [1.54, 1.807) is 0 Å². The first-order valence-electron chi connectivity index (χ1n) is 6.99. The maximum Gasteiger partial charge on any atom is 0.251 e. The molecule has 2 N–H and O–H groups in total. The second-order valence-electron chi connectivity index (χ2n) is 5.06. The van der Waals surface area contributed by atoms with E-state index in [0.717, 1.165) is 22.9 Å². The summed E-state index contributed by atoms with van der Waals surface area (Å²) < 4.78 is 0. The molecular weight excluding hydrogens is 252 g/mol. The van der Waals surface area contributed by atoms with Gasteiger partial charge in [0.1, 0.15) is 0 Å². The van der Waals surface area contributed by atoms with Crippen LogP contribution in [-0.2, 0) is 11.2 Å². The molecule has 0 unspecified atom stereocenters. The highest BCUT2D eigenvalue weighted by Crippen LogP contribution is 2.13. The van der Waals surface area contributed by atoms with Gasteiger partial charge in [-0.1, -0.05) is 19.1 Å². The van der Waals surface area contributed by atoms with Crippen molar-refractivity contribution in [2.45, 2.75) is 33.1 Å². The molecule has 0 saturated carbocycles. The summed E-state index contributed by atoms with van der Waals surface area (Å²) in [4.78, 5) is 26.2. The topological polar surface area (TPSA) is 62.0 Å². The summed E-state index contributed by atoms with van der Waals surface area (Å²) in [7, 11) is 0. The lowest BCUT2D eigenvalue weighted by atomic mass is 10.1. The van der Waals surface area contributed by atoms with Crippen LogP contribution >= 0.6 is 0 Å². The number of hydrogen-bond acceptors (Lipinski definition) is 2. The second-order valence-corrected chi connectivity index (χ2v) is 5.06. The summed E-state index contributed by atoms with van der Waals surface area (Å²) in [5, 5.41) is 3.84. The number of hydrogen-bond donors (Lipinski definition) is 2. The Kier molecular flexibility index (Phi) is 4.56. The van der Waals surface area contributed by atoms with Gasteiger partial charge in [0.2, 0.25) is 5.91 Å². The minimum Gasteiger partial charge on any atom is -0.356 e. The van der Waals surface area contributed by atoms with Crippen LogP contribution in [0.25, 0.3) is 10.9 Å². The van der Waals surface area contributed by atoms with Gasteiger partial charge in [-0.05, 0) is 42.8 Å². The monoisotopic (exact) mass is 272 g/mol. The van der Waals surface area contributed by atoms with Crippen LogP contribution in [0.15, 0.2) is 29.1 Å². The van der Waals surface area contributed by atoms with E-state index in [-0.39, 0.29) is 11.5 Å². The number of rotatable bonds is 5. The first-order chi connectivity index (χ1) is 9.60. The van der Waals surface area contributed by atoms with E-state index in [4.69, 9.17) is 0 Å². The number of amides is 1. The molecule has 2 rings (SSSR count). The molecule has 1 aromatic heterocycles. The molecule has 0 radical (unpaired) electrons. The van der Waals surface area contributed by atoms with Gasteiger partial charge in [0.05, 0.1) is 0 Å². The van der Waals surface area contributed by atoms with Crippen molar-refractivity contribution < 1.29 is 4.79 Å². The van der Waals surface area contributed by atoms with Crippen LogP contribution in [0, 0.1) is 6.92 Å². The van der Waals surface area contributed by atoms with Crippen LogP contribution in [-0.4, -0.2) is 17.4 Å². The molecule has 0 aliphatic rings. The van der Waals surface area contributed by atoms with Crippen LogP contribution in [0.5, 0.6) is 0 Å². The van der Waals surface area contributed by atoms with Gasteiger partial charge in [-0.2, -0.15) is 0 Å². The second kappa shape index (κ2) is 6.37. The van der Waals surface area contributed by atoms with Crippen molar-refractivity contribution in [3.8, 4) is 0 Å². The van der Waals surface area contributed by atoms with Gasteiger partial charge in [-0.25, -0.2) is 0 Å². The summed E-state index contributed by atoms with van der Waals surface area (Å²) in [6.07, 6.45) is 1.92. The number of fused-ring (bicyclic) bond motifs is 1. The van der Waals surface area contributed by atoms with E-state index in [2.05, 4.69) is 10.3 Å². The SMILES string of the molecule is CCCC(=O)NCCc1cc2ccc(C)cc2[nH]c1=O. The molecule has 2 aromatic rings. The number of pyridine rings is 1. The van der Waals surface area contributed by atoms with Gasteiger partial charge in [0.25, 0.3) is 5.56 Å². The first-order valence-corrected chi connectivity index (χ1v) is 6.99. The zero-order chi connectivity index (χ0) is 14.5. The Hall–Kier alpha value is -2.10. The lowest BCUT2D eigenvalue weighted by molar-refractivity contribution is -0.121. The van der Waals surface area contributed by atoms with Crippen LogP contribution < -0.4 is 10.9 Å². The molecular formula is C16H20N2O2. The molecule has 0 spiro atoms. The van der Waals surface area contributed by atoms with Crippen molar-refractivity contribution in [2.75, 3.05) is 6.54 Å². The van der Waals surface area contributed by atoms with Crippen LogP contribution in [0.2, 0.25) is 0 Å². The number of nitrogens with one attached hydrogen (secondary N) is 2. The van der Waals surface area contributed by atoms with Crippen LogP contribution in [0.1, 0.15) is 30.9 Å². The summed E-state index contributed by atoms with van der Waals surface area (Å²) in [5.41, 5.74) is 2.60. The largest absolute Gasteiger partial charge is 0.356 e. The number of aryl methyl sites for hydroxylation is 1. The fourth-order valence-electron chi connectivity index (χ4n) is 2.20. The molecule has 1 heterocycles. The van der Waals surface area contributed by atoms with E-state index in [1.807, 2.05) is 38.1 Å². The Morgan fingerprint density at radius 2 is 2.10 bits per heavy atom. The van der Waals surface area contributed by atoms with Crippen molar-refractivity contribution in [2.24, 2.45) is 0 Å². The fraction of sp³-hybridized carbons (Fsp3) is 0.375. The van der Waals surface area contributed by atoms with Crippen LogP contribution in [0.4, 0.5) is 0 Å². The number of carbonyl (C=O) groups is 1. The maximum absolute atomic E-state index is 12.0. The Morgan fingerprint density at radius 3 is 2.85 bits per heavy atom. The molecule has 106 valence electrons. The molecule has 0 saturated heterocycles. The average Bonchev–Trinajstić information content (AvgIpc) is 2.40. The minimum absolute atomic E-state index is 0.0420. The number of aromatic nitrogens is 1. The van der Waals surface area contributed by atoms with Gasteiger partial charge in [-0.3, -0.25) is 9.59 Å². The Morgan fingerprint density at radius 1 is 1.30 bits per heavy atom. The smallest absolute Gasteiger partial charge is 0.251 e. The van der Waals surface area contributed by atoms with E-state index in [9.17, 15) is 9.59 Å². The molecule has 4 heteroatoms. The number of benzene rings is 1. The fourth-order valence-corrected chi connectivity index (χ4v) is 2.20. The molecule has 0 aliphatic carbocycles. The lowest BCUT2D eigenvalue weighted by Gasteiger charge is -2.06. The lowest BCUT2D eigenvalue weighted by Crippen LogP contribution is -2.27. The van der Waals surface area contributed by atoms with Gasteiger partial charge in [0, 0.05) is 24.0 Å². The Balaban J connectivity index is 2.10. The highest BCUT2D eigenvalue weighted by atomic mass is 16.1. The normalized spacial score (nSPS) is 10.7. The van der Waals surface area contributed by atoms with Crippen molar-refractivity contribution in [1.82, 2.24) is 10.3 Å². The molecule has 1 amide bonds. The number of carbonyl (C=O) groups excluding carboxylic acids is 1. The summed E-state index contributed by atoms with van der Waals surface area (Å²) in [6.45, 7) is 4.46. The quantitative estimate of drug-likeness (QED) is 0.877. The van der Waals surface area contributed by atoms with Crippen molar-refractivity contribution in [3.63, 3.8) is 0 Å². The standard InChI is InChI=1S/C16H20N2O2/c1-3-4-15(19)17-8-7-13-10-12-6-5-11(2)9-14(12)18-16(13)20/h5-6,9-10H,3-4,7-8H2,1-2H3,(H,17,19)(H,18,20). The third-order valence-electron chi connectivity index (χ3n) is 3.27. The zero-order valence-corrected chi connectivity index (χ0v) is 12.0. The average molecular weight is 272 g/mol. The van der Waals surface area contributed by atoms with Crippen molar-refractivity contribution in [1.29, 1.82) is 0 Å². The van der Waals surface area contributed by atoms with E-state index in [0.29, 0.717) is 24.9 Å². The third kappa shape index (κ3) is 3.47. The van der Waals surface area contributed by atoms with E-state index >= 15 is 0 Å². The number of H-pyrrole nitrogens is 1. The van der Waals surface area contributed by atoms with Gasteiger partial charge in [-0.15, -0.1) is 0 Å². The molecule has 1 aromatic carbocycles. The first kappa shape index (κ1) is 14.3. The van der Waals surface area contributed by atoms with Crippen LogP contribution in [0.3, 0.4) is 0 Å². The molecule has 4 nitrogen and oxygen atoms in total. The summed E-state index contributed by atoms with van der Waals surface area (Å²) >= 11 is 0. The van der Waals surface area contributed by atoms with Gasteiger partial charge in [0.15, 0.2) is 0 Å². The Labute approximate surface area is 118 Å². The van der Waals surface area contributed by atoms with Crippen molar-refractivity contribution >= 4 is 16.8 Å². The predicted octanol–water partition coefficient (Wildman–Crippen LogP) is 2.30. The zero-order valence-electron chi connectivity index (χ0n) is 12.0. The molecule has 0 aliphatic heterocycles. The van der Waals surface area contributed by atoms with E-state index in [1.165, 1.54) is 0 Å². The molecule has 20 heavy (non-hydrogen) atoms. The summed E-state index contributed by atoms with van der Waals surface area (Å²) in [5.74, 6) is 0.0420. The molecule has 0 atom stereocenters. The number of aromatic amines is 1. The molecule has 0 bridgehead atoms. The third-order valence-corrected chi connectivity index (χ3v) is 3.27. The Bertz CT molecular complexity index is 674. The highest BCUT2D eigenvalue weighted by molar-refractivity contribution is 5.79. The summed E-state index contributed by atoms with van der Waals surface area (Å²) in [6, 6.07) is 7.89. The minimum atomic E-state index is -0.0761. The maximum atomic E-state index is 12.0. The molecule has 0 fully saturated rings. The van der Waals surface area contributed by atoms with Crippen molar-refractivity contribution in [3.05, 3.63) is 45.7 Å². The van der Waals surface area contributed by atoms with E-state index < -0.39 is 0 Å². The van der Waals surface area contributed by atoms with Gasteiger partial charge < -0.3 is 10.3 Å². The predicted molar refractivity (Wildman–Crippen MR) is 80.9 cm³/mol. The highest BCUT2D eigenvalue weighted by Gasteiger charge is 2.04.